The minimum Gasteiger partial charge on any atom is -0.497 e. The summed E-state index contributed by atoms with van der Waals surface area (Å²) in [5.74, 6) is 0. The van der Waals surface area contributed by atoms with Crippen molar-refractivity contribution in [1.82, 2.24) is 4.90 Å². The van der Waals surface area contributed by atoms with Gasteiger partial charge >= 0.3 is 6.09 Å². The smallest absolute Gasteiger partial charge is 0.412 e. The molecule has 0 unspecified atom stereocenters. The number of amides is 1. The van der Waals surface area contributed by atoms with Crippen LogP contribution in [0.1, 0.15) is 5.56 Å². The number of hydrogen-bond donors (Lipinski definition) is 1. The fourth-order valence-electron chi connectivity index (χ4n) is 1.50. The molecule has 1 heterocycles. The van der Waals surface area contributed by atoms with E-state index in [9.17, 15) is 4.79 Å². The first kappa shape index (κ1) is 9.58. The maximum Gasteiger partial charge on any atom is 0.412 e. The maximum absolute atomic E-state index is 11.0. The summed E-state index contributed by atoms with van der Waals surface area (Å²) in [6.45, 7) is 0.776. The van der Waals surface area contributed by atoms with E-state index in [0.717, 1.165) is 5.56 Å². The van der Waals surface area contributed by atoms with Gasteiger partial charge in [0.25, 0.3) is 0 Å². The van der Waals surface area contributed by atoms with Crippen LogP contribution in [-0.2, 0) is 4.74 Å². The Hall–Kier alpha value is -1.97. The molecule has 1 N–H and O–H groups in total. The third kappa shape index (κ3) is 1.93. The molecule has 0 bridgehead atoms. The second-order valence-electron chi connectivity index (χ2n) is 3.17. The second-order valence-corrected chi connectivity index (χ2v) is 3.17. The van der Waals surface area contributed by atoms with Crippen LogP contribution in [0, 0.1) is 0 Å². The molecule has 0 fully saturated rings. The van der Waals surface area contributed by atoms with E-state index in [1.807, 2.05) is 30.3 Å². The van der Waals surface area contributed by atoms with Gasteiger partial charge in [-0.15, -0.1) is 0 Å². The molecule has 4 heteroatoms. The van der Waals surface area contributed by atoms with Crippen molar-refractivity contribution in [3.63, 3.8) is 0 Å². The zero-order valence-corrected chi connectivity index (χ0v) is 8.09. The standard InChI is InChI=1S/C11H11NO3/c13-11(14)12-6-7-15-8-10(12)9-4-2-1-3-5-9/h1-5,8H,6-7H2,(H,13,14). The summed E-state index contributed by atoms with van der Waals surface area (Å²) in [6, 6.07) is 9.33. The normalized spacial score (nSPS) is 15.5. The number of nitrogens with zero attached hydrogens (tertiary/aromatic N) is 1. The molecule has 1 aromatic rings. The number of carboxylic acid groups (broad SMARTS) is 1. The third-order valence-electron chi connectivity index (χ3n) is 2.22. The summed E-state index contributed by atoms with van der Waals surface area (Å²) in [5, 5.41) is 9.00. The van der Waals surface area contributed by atoms with Gasteiger partial charge in [-0.3, -0.25) is 4.90 Å². The van der Waals surface area contributed by atoms with Gasteiger partial charge in [-0.2, -0.15) is 0 Å². The van der Waals surface area contributed by atoms with Gasteiger partial charge in [0.1, 0.15) is 12.9 Å². The molecule has 0 radical (unpaired) electrons. The molecule has 0 aromatic heterocycles. The van der Waals surface area contributed by atoms with Gasteiger partial charge in [-0.25, -0.2) is 4.79 Å². The van der Waals surface area contributed by atoms with Crippen molar-refractivity contribution in [2.24, 2.45) is 0 Å². The molecule has 4 nitrogen and oxygen atoms in total. The van der Waals surface area contributed by atoms with E-state index in [2.05, 4.69) is 0 Å². The average molecular weight is 205 g/mol. The summed E-state index contributed by atoms with van der Waals surface area (Å²) in [7, 11) is 0. The predicted octanol–water partition coefficient (Wildman–Crippen LogP) is 2.00. The largest absolute Gasteiger partial charge is 0.497 e. The molecular weight excluding hydrogens is 194 g/mol. The van der Waals surface area contributed by atoms with Gasteiger partial charge in [0, 0.05) is 5.56 Å². The lowest BCUT2D eigenvalue weighted by Crippen LogP contribution is -2.33. The van der Waals surface area contributed by atoms with E-state index in [0.29, 0.717) is 18.8 Å². The second kappa shape index (κ2) is 4.04. The summed E-state index contributed by atoms with van der Waals surface area (Å²) in [4.78, 5) is 12.3. The SMILES string of the molecule is O=C(O)N1CCOC=C1c1ccccc1. The molecule has 78 valence electrons. The van der Waals surface area contributed by atoms with Gasteiger partial charge in [-0.05, 0) is 0 Å². The Kier molecular flexibility index (Phi) is 2.58. The lowest BCUT2D eigenvalue weighted by Gasteiger charge is -2.25. The first-order valence-electron chi connectivity index (χ1n) is 4.66. The summed E-state index contributed by atoms with van der Waals surface area (Å²) >= 11 is 0. The number of ether oxygens (including phenoxy) is 1. The molecule has 0 spiro atoms. The third-order valence-corrected chi connectivity index (χ3v) is 2.22. The van der Waals surface area contributed by atoms with Crippen molar-refractivity contribution < 1.29 is 14.6 Å². The Bertz CT molecular complexity index is 386. The van der Waals surface area contributed by atoms with Crippen molar-refractivity contribution in [1.29, 1.82) is 0 Å². The van der Waals surface area contributed by atoms with Crippen molar-refractivity contribution in [3.8, 4) is 0 Å². The Labute approximate surface area is 87.4 Å². The zero-order valence-electron chi connectivity index (χ0n) is 8.09. The van der Waals surface area contributed by atoms with Crippen molar-refractivity contribution >= 4 is 11.8 Å². The van der Waals surface area contributed by atoms with Crippen molar-refractivity contribution in [2.75, 3.05) is 13.2 Å². The highest BCUT2D eigenvalue weighted by atomic mass is 16.5. The number of carbonyl (C=O) groups is 1. The number of benzene rings is 1. The van der Waals surface area contributed by atoms with Crippen LogP contribution < -0.4 is 0 Å². The van der Waals surface area contributed by atoms with Crippen molar-refractivity contribution in [3.05, 3.63) is 42.2 Å². The molecule has 1 aliphatic rings. The van der Waals surface area contributed by atoms with Crippen LogP contribution in [0.2, 0.25) is 0 Å². The molecule has 1 amide bonds. The Morgan fingerprint density at radius 1 is 1.33 bits per heavy atom. The van der Waals surface area contributed by atoms with Crippen LogP contribution in [0.4, 0.5) is 4.79 Å². The summed E-state index contributed by atoms with van der Waals surface area (Å²) in [6.07, 6.45) is 0.542. The Morgan fingerprint density at radius 3 is 2.73 bits per heavy atom. The van der Waals surface area contributed by atoms with Gasteiger partial charge in [0.05, 0.1) is 12.2 Å². The molecule has 0 aliphatic carbocycles. The van der Waals surface area contributed by atoms with Crippen LogP contribution in [0.15, 0.2) is 36.6 Å². The lowest BCUT2D eigenvalue weighted by molar-refractivity contribution is 0.139. The number of rotatable bonds is 1. The Morgan fingerprint density at radius 2 is 2.07 bits per heavy atom. The minimum absolute atomic E-state index is 0.371. The molecular formula is C11H11NO3. The highest BCUT2D eigenvalue weighted by Gasteiger charge is 2.21. The molecule has 0 atom stereocenters. The molecule has 1 aromatic carbocycles. The van der Waals surface area contributed by atoms with Crippen LogP contribution in [0.25, 0.3) is 5.70 Å². The van der Waals surface area contributed by atoms with Crippen molar-refractivity contribution in [2.45, 2.75) is 0 Å². The molecule has 15 heavy (non-hydrogen) atoms. The van der Waals surface area contributed by atoms with E-state index in [4.69, 9.17) is 9.84 Å². The zero-order chi connectivity index (χ0) is 10.7. The Balaban J connectivity index is 2.34. The lowest BCUT2D eigenvalue weighted by atomic mass is 10.1. The van der Waals surface area contributed by atoms with Crippen LogP contribution in [0.5, 0.6) is 0 Å². The molecule has 0 saturated carbocycles. The summed E-state index contributed by atoms with van der Waals surface area (Å²) in [5.41, 5.74) is 1.44. The monoisotopic (exact) mass is 205 g/mol. The number of hydrogen-bond acceptors (Lipinski definition) is 2. The maximum atomic E-state index is 11.0. The van der Waals surface area contributed by atoms with Crippen LogP contribution in [-0.4, -0.2) is 29.3 Å². The first-order chi connectivity index (χ1) is 7.29. The first-order valence-corrected chi connectivity index (χ1v) is 4.66. The van der Waals surface area contributed by atoms with Gasteiger partial charge < -0.3 is 9.84 Å². The van der Waals surface area contributed by atoms with Gasteiger partial charge in [0.15, 0.2) is 0 Å². The van der Waals surface area contributed by atoms with Crippen LogP contribution in [0.3, 0.4) is 0 Å². The highest BCUT2D eigenvalue weighted by molar-refractivity contribution is 5.80. The van der Waals surface area contributed by atoms with Gasteiger partial charge in [0.2, 0.25) is 0 Å². The quantitative estimate of drug-likeness (QED) is 0.762. The molecule has 0 saturated heterocycles. The average Bonchev–Trinajstić information content (AvgIpc) is 2.30. The molecule has 2 rings (SSSR count). The van der Waals surface area contributed by atoms with E-state index in [-0.39, 0.29) is 0 Å². The summed E-state index contributed by atoms with van der Waals surface area (Å²) < 4.78 is 5.15. The topological polar surface area (TPSA) is 49.8 Å². The minimum atomic E-state index is -0.951. The van der Waals surface area contributed by atoms with E-state index in [1.54, 1.807) is 0 Å². The molecule has 1 aliphatic heterocycles. The van der Waals surface area contributed by atoms with Crippen LogP contribution >= 0.6 is 0 Å². The van der Waals surface area contributed by atoms with E-state index in [1.165, 1.54) is 11.2 Å². The van der Waals surface area contributed by atoms with E-state index < -0.39 is 6.09 Å². The van der Waals surface area contributed by atoms with Gasteiger partial charge in [-0.1, -0.05) is 30.3 Å². The highest BCUT2D eigenvalue weighted by Crippen LogP contribution is 2.21. The predicted molar refractivity (Wildman–Crippen MR) is 55.1 cm³/mol. The fraction of sp³-hybridized carbons (Fsp3) is 0.182. The van der Waals surface area contributed by atoms with E-state index >= 15 is 0 Å². The fourth-order valence-corrected chi connectivity index (χ4v) is 1.50.